The second-order valence-electron chi connectivity index (χ2n) is 8.89. The molecule has 1 aliphatic carbocycles. The van der Waals surface area contributed by atoms with Crippen LogP contribution in [0.3, 0.4) is 0 Å². The molecule has 0 aromatic heterocycles. The van der Waals surface area contributed by atoms with Crippen molar-refractivity contribution in [1.82, 2.24) is 0 Å². The first-order chi connectivity index (χ1) is 16.2. The summed E-state index contributed by atoms with van der Waals surface area (Å²) in [6.45, 7) is 2.94. The van der Waals surface area contributed by atoms with Crippen LogP contribution in [-0.2, 0) is 27.5 Å². The van der Waals surface area contributed by atoms with E-state index in [9.17, 15) is 9.90 Å². The predicted molar refractivity (Wildman–Crippen MR) is 132 cm³/mol. The number of aliphatic hydroxyl groups excluding tert-OH is 1. The van der Waals surface area contributed by atoms with Crippen molar-refractivity contribution in [2.45, 2.75) is 89.8 Å². The Kier molecular flexibility index (Phi) is 10.8. The van der Waals surface area contributed by atoms with E-state index in [1.165, 1.54) is 32.1 Å². The number of ketones is 1. The average Bonchev–Trinajstić information content (AvgIpc) is 3.17. The van der Waals surface area contributed by atoms with Crippen molar-refractivity contribution in [3.05, 3.63) is 83.4 Å². The normalized spacial score (nSPS) is 19.0. The molecule has 0 saturated heterocycles. The van der Waals surface area contributed by atoms with E-state index in [2.05, 4.69) is 6.92 Å². The minimum absolute atomic E-state index is 0.153. The van der Waals surface area contributed by atoms with Gasteiger partial charge in [0.1, 0.15) is 6.10 Å². The van der Waals surface area contributed by atoms with Gasteiger partial charge in [0.05, 0.1) is 19.3 Å². The second kappa shape index (κ2) is 14.1. The maximum absolute atomic E-state index is 13.2. The van der Waals surface area contributed by atoms with Crippen molar-refractivity contribution >= 4 is 5.78 Å². The first kappa shape index (κ1) is 25.4. The number of unbranched alkanes of at least 4 members (excludes halogenated alkanes) is 6. The Bertz CT molecular complexity index is 846. The number of rotatable bonds is 15. The molecule has 0 spiro atoms. The third-order valence-corrected chi connectivity index (χ3v) is 6.18. The van der Waals surface area contributed by atoms with Crippen LogP contribution in [0.15, 0.2) is 72.3 Å². The highest BCUT2D eigenvalue weighted by molar-refractivity contribution is 6.03. The molecule has 1 N–H and O–H groups in total. The summed E-state index contributed by atoms with van der Waals surface area (Å²) in [4.78, 5) is 13.2. The van der Waals surface area contributed by atoms with Crippen LogP contribution < -0.4 is 0 Å². The van der Waals surface area contributed by atoms with E-state index in [0.717, 1.165) is 24.0 Å². The summed E-state index contributed by atoms with van der Waals surface area (Å²) >= 11 is 0. The molecule has 2 aromatic carbocycles. The maximum Gasteiger partial charge on any atom is 0.192 e. The predicted octanol–water partition coefficient (Wildman–Crippen LogP) is 6.17. The zero-order chi connectivity index (χ0) is 23.3. The van der Waals surface area contributed by atoms with Gasteiger partial charge in [0, 0.05) is 5.57 Å². The van der Waals surface area contributed by atoms with Crippen LogP contribution in [0.2, 0.25) is 0 Å². The van der Waals surface area contributed by atoms with Gasteiger partial charge in [-0.1, -0.05) is 113 Å². The number of carbonyl (C=O) groups excluding carboxylic acids is 1. The van der Waals surface area contributed by atoms with Crippen LogP contribution in [0, 0.1) is 0 Å². The Balaban J connectivity index is 1.56. The summed E-state index contributed by atoms with van der Waals surface area (Å²) in [5.74, 6) is -0.153. The van der Waals surface area contributed by atoms with Gasteiger partial charge < -0.3 is 14.6 Å². The third kappa shape index (κ3) is 8.22. The minimum atomic E-state index is -0.763. The van der Waals surface area contributed by atoms with Gasteiger partial charge in [-0.05, 0) is 23.6 Å². The first-order valence-electron chi connectivity index (χ1n) is 12.4. The lowest BCUT2D eigenvalue weighted by Crippen LogP contribution is -2.33. The van der Waals surface area contributed by atoms with Gasteiger partial charge in [-0.15, -0.1) is 0 Å². The summed E-state index contributed by atoms with van der Waals surface area (Å²) < 4.78 is 12.1. The van der Waals surface area contributed by atoms with E-state index < -0.39 is 18.3 Å². The van der Waals surface area contributed by atoms with E-state index in [4.69, 9.17) is 9.47 Å². The van der Waals surface area contributed by atoms with Crippen molar-refractivity contribution in [3.8, 4) is 0 Å². The Morgan fingerprint density at radius 2 is 1.33 bits per heavy atom. The molecule has 33 heavy (non-hydrogen) atoms. The van der Waals surface area contributed by atoms with Crippen LogP contribution in [-0.4, -0.2) is 29.2 Å². The fourth-order valence-electron chi connectivity index (χ4n) is 4.22. The van der Waals surface area contributed by atoms with Crippen molar-refractivity contribution in [1.29, 1.82) is 0 Å². The second-order valence-corrected chi connectivity index (χ2v) is 8.89. The van der Waals surface area contributed by atoms with Crippen molar-refractivity contribution in [2.75, 3.05) is 0 Å². The first-order valence-corrected chi connectivity index (χ1v) is 12.4. The monoisotopic (exact) mass is 450 g/mol. The standard InChI is InChI=1S/C29H38O4/c1-2-3-4-5-6-7-14-19-26(30)25-20-27(32-21-23-15-10-8-11-16-23)29(28(25)31)33-22-24-17-12-9-13-18-24/h8-13,15-18,20,26-27,29-30H,2-7,14,19,21-22H2,1H3/t26?,27-,29+/m0/s1. The van der Waals surface area contributed by atoms with Gasteiger partial charge in [-0.2, -0.15) is 0 Å². The molecule has 178 valence electrons. The van der Waals surface area contributed by atoms with E-state index in [-0.39, 0.29) is 5.78 Å². The molecule has 1 aliphatic rings. The number of hydrogen-bond acceptors (Lipinski definition) is 4. The van der Waals surface area contributed by atoms with Crippen LogP contribution in [0.4, 0.5) is 0 Å². The van der Waals surface area contributed by atoms with Gasteiger partial charge >= 0.3 is 0 Å². The topological polar surface area (TPSA) is 55.8 Å². The number of carbonyl (C=O) groups is 1. The van der Waals surface area contributed by atoms with Crippen LogP contribution in [0.5, 0.6) is 0 Å². The van der Waals surface area contributed by atoms with Crippen LogP contribution >= 0.6 is 0 Å². The third-order valence-electron chi connectivity index (χ3n) is 6.18. The Morgan fingerprint density at radius 3 is 1.94 bits per heavy atom. The fourth-order valence-corrected chi connectivity index (χ4v) is 4.22. The molecule has 2 aromatic rings. The molecule has 0 aliphatic heterocycles. The van der Waals surface area contributed by atoms with Crippen molar-refractivity contribution in [3.63, 3.8) is 0 Å². The SMILES string of the molecule is CCCCCCCCCC(O)C1=C[C@H](OCc2ccccc2)[C@@H](OCc2ccccc2)C1=O. The summed E-state index contributed by atoms with van der Waals surface area (Å²) in [7, 11) is 0. The lowest BCUT2D eigenvalue weighted by molar-refractivity contribution is -0.135. The zero-order valence-electron chi connectivity index (χ0n) is 19.8. The van der Waals surface area contributed by atoms with Gasteiger partial charge in [0.15, 0.2) is 11.9 Å². The number of benzene rings is 2. The minimum Gasteiger partial charge on any atom is -0.388 e. The highest BCUT2D eigenvalue weighted by atomic mass is 16.5. The Morgan fingerprint density at radius 1 is 0.788 bits per heavy atom. The molecule has 0 saturated carbocycles. The van der Waals surface area contributed by atoms with Crippen molar-refractivity contribution in [2.24, 2.45) is 0 Å². The quantitative estimate of drug-likeness (QED) is 0.330. The smallest absolute Gasteiger partial charge is 0.192 e. The summed E-state index contributed by atoms with van der Waals surface area (Å²) in [5.41, 5.74) is 2.48. The van der Waals surface area contributed by atoms with Crippen LogP contribution in [0.1, 0.15) is 69.4 Å². The molecule has 0 bridgehead atoms. The molecule has 3 atom stereocenters. The molecule has 1 unspecified atom stereocenters. The summed E-state index contributed by atoms with van der Waals surface area (Å²) in [6.07, 6.45) is 8.65. The number of hydrogen-bond donors (Lipinski definition) is 1. The lowest BCUT2D eigenvalue weighted by atomic mass is 10.0. The molecular weight excluding hydrogens is 412 g/mol. The largest absolute Gasteiger partial charge is 0.388 e. The van der Waals surface area contributed by atoms with E-state index in [1.54, 1.807) is 6.08 Å². The fraction of sp³-hybridized carbons (Fsp3) is 0.483. The van der Waals surface area contributed by atoms with Crippen molar-refractivity contribution < 1.29 is 19.4 Å². The van der Waals surface area contributed by atoms with Gasteiger partial charge in [0.25, 0.3) is 0 Å². The molecule has 3 rings (SSSR count). The van der Waals surface area contributed by atoms with Crippen LogP contribution in [0.25, 0.3) is 0 Å². The average molecular weight is 451 g/mol. The highest BCUT2D eigenvalue weighted by Gasteiger charge is 2.39. The molecule has 0 radical (unpaired) electrons. The van der Waals surface area contributed by atoms with E-state index in [1.807, 2.05) is 60.7 Å². The summed E-state index contributed by atoms with van der Waals surface area (Å²) in [5, 5.41) is 10.8. The lowest BCUT2D eigenvalue weighted by Gasteiger charge is -2.20. The van der Waals surface area contributed by atoms with Gasteiger partial charge in [-0.3, -0.25) is 4.79 Å². The summed E-state index contributed by atoms with van der Waals surface area (Å²) in [6, 6.07) is 19.7. The van der Waals surface area contributed by atoms with Gasteiger partial charge in [-0.25, -0.2) is 0 Å². The zero-order valence-corrected chi connectivity index (χ0v) is 19.8. The molecule has 4 nitrogen and oxygen atoms in total. The Hall–Kier alpha value is -2.27. The molecular formula is C29H38O4. The van der Waals surface area contributed by atoms with E-state index in [0.29, 0.717) is 25.2 Å². The number of aliphatic hydroxyl groups is 1. The number of Topliss-reactive ketones (excluding diaryl/α,β-unsaturated/α-hetero) is 1. The molecule has 0 amide bonds. The molecule has 4 heteroatoms. The molecule has 0 heterocycles. The Labute approximate surface area is 198 Å². The van der Waals surface area contributed by atoms with Gasteiger partial charge in [0.2, 0.25) is 0 Å². The maximum atomic E-state index is 13.2. The van der Waals surface area contributed by atoms with E-state index >= 15 is 0 Å². The molecule has 0 fully saturated rings. The number of ether oxygens (including phenoxy) is 2. The highest BCUT2D eigenvalue weighted by Crippen LogP contribution is 2.27.